The van der Waals surface area contributed by atoms with Crippen LogP contribution in [-0.2, 0) is 0 Å². The summed E-state index contributed by atoms with van der Waals surface area (Å²) < 4.78 is 2.62. The van der Waals surface area contributed by atoms with Gasteiger partial charge in [-0.15, -0.1) is 11.3 Å². The molecule has 1 unspecified atom stereocenters. The zero-order valence-corrected chi connectivity index (χ0v) is 27.0. The van der Waals surface area contributed by atoms with E-state index in [-0.39, 0.29) is 5.37 Å². The highest BCUT2D eigenvalue weighted by Crippen LogP contribution is 2.54. The van der Waals surface area contributed by atoms with Crippen LogP contribution < -0.4 is 10.2 Å². The van der Waals surface area contributed by atoms with Crippen molar-refractivity contribution >= 4 is 98.3 Å². The maximum atomic E-state index is 3.90. The highest BCUT2D eigenvalue weighted by molar-refractivity contribution is 8.00. The van der Waals surface area contributed by atoms with Gasteiger partial charge in [0.1, 0.15) is 5.37 Å². The predicted octanol–water partition coefficient (Wildman–Crippen LogP) is 13.2. The summed E-state index contributed by atoms with van der Waals surface area (Å²) >= 11 is 3.79. The first kappa shape index (κ1) is 26.9. The lowest BCUT2D eigenvalue weighted by Gasteiger charge is -2.26. The Morgan fingerprint density at radius 3 is 1.94 bits per heavy atom. The summed E-state index contributed by atoms with van der Waals surface area (Å²) in [7, 11) is 0. The van der Waals surface area contributed by atoms with Crippen LogP contribution in [0.4, 0.5) is 22.7 Å². The highest BCUT2D eigenvalue weighted by atomic mass is 32.2. The average Bonchev–Trinajstić information content (AvgIpc) is 3.75. The molecule has 4 heteroatoms. The molecule has 0 saturated carbocycles. The van der Waals surface area contributed by atoms with E-state index in [0.29, 0.717) is 0 Å². The van der Waals surface area contributed by atoms with Crippen LogP contribution in [0.1, 0.15) is 10.9 Å². The summed E-state index contributed by atoms with van der Waals surface area (Å²) in [6.07, 6.45) is 0. The van der Waals surface area contributed by atoms with Crippen LogP contribution in [0.3, 0.4) is 0 Å². The van der Waals surface area contributed by atoms with Crippen LogP contribution in [0, 0.1) is 0 Å². The van der Waals surface area contributed by atoms with Crippen molar-refractivity contribution in [2.24, 2.45) is 0 Å². The Morgan fingerprint density at radius 1 is 0.447 bits per heavy atom. The van der Waals surface area contributed by atoms with Crippen LogP contribution in [0.5, 0.6) is 0 Å². The van der Waals surface area contributed by atoms with Crippen molar-refractivity contribution in [3.63, 3.8) is 0 Å². The van der Waals surface area contributed by atoms with E-state index in [1.54, 1.807) is 0 Å². The molecule has 0 aliphatic carbocycles. The fraction of sp³-hybridized carbons (Fsp3) is 0.0233. The van der Waals surface area contributed by atoms with Gasteiger partial charge in [0.25, 0.3) is 0 Å². The molecule has 0 saturated heterocycles. The Kier molecular flexibility index (Phi) is 6.08. The molecule has 2 nitrogen and oxygen atoms in total. The molecule has 9 aromatic rings. The number of thioether (sulfide) groups is 1. The number of hydrogen-bond acceptors (Lipinski definition) is 4. The van der Waals surface area contributed by atoms with Gasteiger partial charge >= 0.3 is 0 Å². The molecule has 47 heavy (non-hydrogen) atoms. The average molecular weight is 637 g/mol. The second-order valence-corrected chi connectivity index (χ2v) is 14.4. The van der Waals surface area contributed by atoms with Gasteiger partial charge in [-0.25, -0.2) is 0 Å². The second-order valence-electron chi connectivity index (χ2n) is 12.2. The van der Waals surface area contributed by atoms with Crippen LogP contribution in [-0.4, -0.2) is 0 Å². The van der Waals surface area contributed by atoms with E-state index in [1.807, 2.05) is 23.1 Å². The maximum absolute atomic E-state index is 3.90. The first-order chi connectivity index (χ1) is 23.3. The predicted molar refractivity (Wildman–Crippen MR) is 205 cm³/mol. The minimum absolute atomic E-state index is 0.163. The van der Waals surface area contributed by atoms with Crippen molar-refractivity contribution in [1.29, 1.82) is 0 Å². The second kappa shape index (κ2) is 10.6. The molecule has 0 bridgehead atoms. The topological polar surface area (TPSA) is 15.3 Å². The van der Waals surface area contributed by atoms with Gasteiger partial charge in [0.05, 0.1) is 5.69 Å². The third kappa shape index (κ3) is 4.33. The molecule has 0 radical (unpaired) electrons. The molecule has 222 valence electrons. The van der Waals surface area contributed by atoms with Gasteiger partial charge in [-0.3, -0.25) is 0 Å². The molecule has 2 heterocycles. The minimum atomic E-state index is 0.163. The van der Waals surface area contributed by atoms with Crippen LogP contribution in [0.25, 0.3) is 52.5 Å². The molecule has 0 amide bonds. The third-order valence-corrected chi connectivity index (χ3v) is 11.9. The molecule has 8 aromatic carbocycles. The van der Waals surface area contributed by atoms with Crippen molar-refractivity contribution in [2.75, 3.05) is 10.2 Å². The Bertz CT molecular complexity index is 2660. The summed E-state index contributed by atoms with van der Waals surface area (Å²) in [5.41, 5.74) is 5.97. The third-order valence-electron chi connectivity index (χ3n) is 9.44. The fourth-order valence-corrected chi connectivity index (χ4v) is 9.65. The molecule has 1 aromatic heterocycles. The standard InChI is InChI=1S/C43H28N2S2/c1-2-11-28(12-3-1)43-44-41-37-16-7-6-14-33(37)34-22-20-31(25-38(34)42(41)47-43)45(30-19-18-27-10-4-5-13-29(27)24-30)32-21-23-36-35-15-8-9-17-39(35)46-40(36)26-32/h1-26,43-44H. The van der Waals surface area contributed by atoms with Crippen LogP contribution in [0.2, 0.25) is 0 Å². The number of rotatable bonds is 4. The number of fused-ring (bicyclic) bond motifs is 10. The van der Waals surface area contributed by atoms with Crippen LogP contribution in [0.15, 0.2) is 163 Å². The molecule has 1 N–H and O–H groups in total. The fourth-order valence-electron chi connectivity index (χ4n) is 7.23. The first-order valence-corrected chi connectivity index (χ1v) is 17.6. The number of thiophene rings is 1. The van der Waals surface area contributed by atoms with Crippen molar-refractivity contribution < 1.29 is 0 Å². The quantitative estimate of drug-likeness (QED) is 0.194. The SMILES string of the molecule is c1ccc(C2Nc3c(c4cc(N(c5ccc6ccccc6c5)c5ccc6c(c5)sc5ccccc56)ccc4c4ccccc34)S2)cc1. The van der Waals surface area contributed by atoms with Gasteiger partial charge in [-0.2, -0.15) is 0 Å². The van der Waals surface area contributed by atoms with Gasteiger partial charge in [0.15, 0.2) is 0 Å². The van der Waals surface area contributed by atoms with E-state index >= 15 is 0 Å². The zero-order chi connectivity index (χ0) is 30.9. The minimum Gasteiger partial charge on any atom is -0.368 e. The largest absolute Gasteiger partial charge is 0.368 e. The van der Waals surface area contributed by atoms with E-state index in [1.165, 1.54) is 68.6 Å². The van der Waals surface area contributed by atoms with Gasteiger partial charge < -0.3 is 10.2 Å². The summed E-state index contributed by atoms with van der Waals surface area (Å²) in [4.78, 5) is 3.74. The van der Waals surface area contributed by atoms with Crippen molar-refractivity contribution in [1.82, 2.24) is 0 Å². The van der Waals surface area contributed by atoms with E-state index in [2.05, 4.69) is 168 Å². The van der Waals surface area contributed by atoms with Crippen molar-refractivity contribution in [3.8, 4) is 0 Å². The number of hydrogen-bond donors (Lipinski definition) is 1. The van der Waals surface area contributed by atoms with Crippen molar-refractivity contribution in [2.45, 2.75) is 10.3 Å². The smallest absolute Gasteiger partial charge is 0.103 e. The number of nitrogens with zero attached hydrogens (tertiary/aromatic N) is 1. The van der Waals surface area contributed by atoms with Gasteiger partial charge in [0, 0.05) is 52.9 Å². The van der Waals surface area contributed by atoms with Gasteiger partial charge in [0.2, 0.25) is 0 Å². The molecule has 0 spiro atoms. The Balaban J connectivity index is 1.20. The molecular weight excluding hydrogens is 609 g/mol. The maximum Gasteiger partial charge on any atom is 0.103 e. The number of anilines is 4. The summed E-state index contributed by atoms with van der Waals surface area (Å²) in [6, 6.07) is 57.8. The van der Waals surface area contributed by atoms with Crippen molar-refractivity contribution in [3.05, 3.63) is 163 Å². The van der Waals surface area contributed by atoms with E-state index < -0.39 is 0 Å². The number of nitrogens with one attached hydrogen (secondary N) is 1. The molecule has 10 rings (SSSR count). The molecule has 1 aliphatic heterocycles. The molecule has 1 atom stereocenters. The lowest BCUT2D eigenvalue weighted by molar-refractivity contribution is 1.14. The molecule has 1 aliphatic rings. The summed E-state index contributed by atoms with van der Waals surface area (Å²) in [5, 5.41) is 14.3. The zero-order valence-electron chi connectivity index (χ0n) is 25.4. The summed E-state index contributed by atoms with van der Waals surface area (Å²) in [5.74, 6) is 0. The highest BCUT2D eigenvalue weighted by Gasteiger charge is 2.28. The van der Waals surface area contributed by atoms with Crippen LogP contribution >= 0.6 is 23.1 Å². The Hall–Kier alpha value is -5.29. The molecular formula is C43H28N2S2. The normalized spacial score (nSPS) is 14.3. The van der Waals surface area contributed by atoms with E-state index in [9.17, 15) is 0 Å². The Labute approximate surface area is 280 Å². The molecule has 0 fully saturated rings. The monoisotopic (exact) mass is 636 g/mol. The lowest BCUT2D eigenvalue weighted by Crippen LogP contribution is -2.10. The summed E-state index contributed by atoms with van der Waals surface area (Å²) in [6.45, 7) is 0. The lowest BCUT2D eigenvalue weighted by atomic mass is 9.98. The van der Waals surface area contributed by atoms with Gasteiger partial charge in [-0.1, -0.05) is 127 Å². The Morgan fingerprint density at radius 2 is 1.06 bits per heavy atom. The van der Waals surface area contributed by atoms with Gasteiger partial charge in [-0.05, 0) is 69.6 Å². The van der Waals surface area contributed by atoms with E-state index in [0.717, 1.165) is 17.1 Å². The first-order valence-electron chi connectivity index (χ1n) is 16.0. The van der Waals surface area contributed by atoms with E-state index in [4.69, 9.17) is 0 Å². The number of benzene rings is 8.